The van der Waals surface area contributed by atoms with E-state index in [1.807, 2.05) is 24.3 Å². The molecule has 2 aromatic rings. The van der Waals surface area contributed by atoms with Crippen molar-refractivity contribution >= 4 is 15.9 Å². The van der Waals surface area contributed by atoms with E-state index in [2.05, 4.69) is 4.72 Å². The first-order valence-corrected chi connectivity index (χ1v) is 8.59. The average Bonchev–Trinajstić information content (AvgIpc) is 2.55. The molecule has 3 N–H and O–H groups in total. The maximum Gasteiger partial charge on any atom is 0.248 e. The van der Waals surface area contributed by atoms with Gasteiger partial charge in [0.05, 0.1) is 17.5 Å². The fourth-order valence-electron chi connectivity index (χ4n) is 2.52. The summed E-state index contributed by atoms with van der Waals surface area (Å²) in [5.41, 5.74) is 6.24. The predicted molar refractivity (Wildman–Crippen MR) is 84.6 cm³/mol. The van der Waals surface area contributed by atoms with E-state index in [-0.39, 0.29) is 16.5 Å². The van der Waals surface area contributed by atoms with Crippen molar-refractivity contribution in [2.75, 3.05) is 6.61 Å². The topological polar surface area (TPSA) is 98.5 Å². The zero-order chi connectivity index (χ0) is 16.4. The molecule has 1 heterocycles. The molecule has 3 rings (SSSR count). The minimum atomic E-state index is -3.70. The molecule has 1 atom stereocenters. The van der Waals surface area contributed by atoms with Gasteiger partial charge in [-0.3, -0.25) is 4.79 Å². The van der Waals surface area contributed by atoms with Crippen molar-refractivity contribution in [1.82, 2.24) is 4.72 Å². The van der Waals surface area contributed by atoms with Crippen molar-refractivity contribution in [3.05, 3.63) is 59.7 Å². The Morgan fingerprint density at radius 2 is 1.83 bits per heavy atom. The molecule has 0 saturated heterocycles. The highest BCUT2D eigenvalue weighted by molar-refractivity contribution is 7.89. The van der Waals surface area contributed by atoms with Crippen molar-refractivity contribution in [1.29, 1.82) is 0 Å². The molecular weight excluding hydrogens is 316 g/mol. The summed E-state index contributed by atoms with van der Waals surface area (Å²) in [6.45, 7) is 0.449. The third-order valence-corrected chi connectivity index (χ3v) is 5.19. The number of nitrogens with two attached hydrogens (primary N) is 1. The molecule has 0 aromatic heterocycles. The van der Waals surface area contributed by atoms with Crippen LogP contribution in [0.25, 0.3) is 0 Å². The van der Waals surface area contributed by atoms with Crippen LogP contribution in [-0.2, 0) is 10.0 Å². The third-order valence-electron chi connectivity index (χ3n) is 3.71. The summed E-state index contributed by atoms with van der Waals surface area (Å²) < 4.78 is 33.3. The number of fused-ring (bicyclic) bond motifs is 1. The van der Waals surface area contributed by atoms with Gasteiger partial charge in [0.15, 0.2) is 0 Å². The standard InChI is InChI=1S/C16H16N2O4S/c17-16(19)11-5-7-12(8-6-11)23(20,21)18-14-9-10-22-15-4-2-1-3-13(14)15/h1-8,14,18H,9-10H2,(H2,17,19). The van der Waals surface area contributed by atoms with Crippen LogP contribution >= 0.6 is 0 Å². The Morgan fingerprint density at radius 3 is 2.52 bits per heavy atom. The summed E-state index contributed by atoms with van der Waals surface area (Å²) in [7, 11) is -3.70. The first-order valence-electron chi connectivity index (χ1n) is 7.11. The number of amides is 1. The molecule has 0 aliphatic carbocycles. The van der Waals surface area contributed by atoms with E-state index in [1.165, 1.54) is 24.3 Å². The summed E-state index contributed by atoms with van der Waals surface area (Å²) in [5, 5.41) is 0. The number of carbonyl (C=O) groups is 1. The number of carbonyl (C=O) groups excluding carboxylic acids is 1. The van der Waals surface area contributed by atoms with Crippen LogP contribution in [-0.4, -0.2) is 20.9 Å². The molecule has 0 saturated carbocycles. The van der Waals surface area contributed by atoms with Crippen LogP contribution in [0.2, 0.25) is 0 Å². The molecule has 0 radical (unpaired) electrons. The molecule has 1 aliphatic heterocycles. The van der Waals surface area contributed by atoms with Gasteiger partial charge in [-0.2, -0.15) is 0 Å². The zero-order valence-electron chi connectivity index (χ0n) is 12.2. The number of rotatable bonds is 4. The fraction of sp³-hybridized carbons (Fsp3) is 0.188. The lowest BCUT2D eigenvalue weighted by atomic mass is 10.0. The predicted octanol–water partition coefficient (Wildman–Crippen LogP) is 1.59. The van der Waals surface area contributed by atoms with E-state index in [4.69, 9.17) is 10.5 Å². The molecule has 0 fully saturated rings. The molecule has 1 aliphatic rings. The lowest BCUT2D eigenvalue weighted by molar-refractivity contribution is 0.1000. The molecule has 1 amide bonds. The van der Waals surface area contributed by atoms with E-state index in [0.717, 1.165) is 5.56 Å². The normalized spacial score (nSPS) is 17.1. The number of sulfonamides is 1. The third kappa shape index (κ3) is 3.20. The quantitative estimate of drug-likeness (QED) is 0.888. The molecule has 2 aromatic carbocycles. The number of primary amides is 1. The Balaban J connectivity index is 1.86. The van der Waals surface area contributed by atoms with Crippen molar-refractivity contribution in [2.45, 2.75) is 17.4 Å². The SMILES string of the molecule is NC(=O)c1ccc(S(=O)(=O)NC2CCOc3ccccc32)cc1. The summed E-state index contributed by atoms with van der Waals surface area (Å²) in [6, 6.07) is 12.5. The van der Waals surface area contributed by atoms with Gasteiger partial charge in [-0.25, -0.2) is 13.1 Å². The maximum atomic E-state index is 12.5. The van der Waals surface area contributed by atoms with Crippen molar-refractivity contribution in [3.63, 3.8) is 0 Å². The summed E-state index contributed by atoms with van der Waals surface area (Å²) in [5.74, 6) is 0.0933. The smallest absolute Gasteiger partial charge is 0.248 e. The van der Waals surface area contributed by atoms with Crippen LogP contribution in [0.4, 0.5) is 0 Å². The molecule has 120 valence electrons. The highest BCUT2D eigenvalue weighted by Crippen LogP contribution is 2.32. The van der Waals surface area contributed by atoms with Gasteiger partial charge in [0.2, 0.25) is 15.9 Å². The first-order chi connectivity index (χ1) is 11.0. The molecule has 1 unspecified atom stereocenters. The van der Waals surface area contributed by atoms with Gasteiger partial charge in [0.25, 0.3) is 0 Å². The minimum Gasteiger partial charge on any atom is -0.493 e. The molecule has 0 spiro atoms. The highest BCUT2D eigenvalue weighted by atomic mass is 32.2. The van der Waals surface area contributed by atoms with E-state index in [1.54, 1.807) is 0 Å². The van der Waals surface area contributed by atoms with Crippen LogP contribution in [0.15, 0.2) is 53.4 Å². The molecule has 0 bridgehead atoms. The number of nitrogens with one attached hydrogen (secondary N) is 1. The van der Waals surface area contributed by atoms with E-state index in [9.17, 15) is 13.2 Å². The van der Waals surface area contributed by atoms with Gasteiger partial charge in [-0.05, 0) is 30.3 Å². The van der Waals surface area contributed by atoms with Gasteiger partial charge < -0.3 is 10.5 Å². The average molecular weight is 332 g/mol. The second kappa shape index (κ2) is 6.02. The van der Waals surface area contributed by atoms with Crippen LogP contribution in [0.1, 0.15) is 28.4 Å². The lowest BCUT2D eigenvalue weighted by Gasteiger charge is -2.26. The molecular formula is C16H16N2O4S. The lowest BCUT2D eigenvalue weighted by Crippen LogP contribution is -2.32. The summed E-state index contributed by atoms with van der Waals surface area (Å²) in [4.78, 5) is 11.1. The van der Waals surface area contributed by atoms with E-state index < -0.39 is 15.9 Å². The monoisotopic (exact) mass is 332 g/mol. The van der Waals surface area contributed by atoms with Gasteiger partial charge in [0, 0.05) is 17.5 Å². The number of benzene rings is 2. The largest absolute Gasteiger partial charge is 0.493 e. The van der Waals surface area contributed by atoms with Gasteiger partial charge in [-0.15, -0.1) is 0 Å². The van der Waals surface area contributed by atoms with Crippen LogP contribution in [0.5, 0.6) is 5.75 Å². The number of para-hydroxylation sites is 1. The Morgan fingerprint density at radius 1 is 1.13 bits per heavy atom. The van der Waals surface area contributed by atoms with E-state index in [0.29, 0.717) is 18.8 Å². The van der Waals surface area contributed by atoms with Gasteiger partial charge in [-0.1, -0.05) is 18.2 Å². The van der Waals surface area contributed by atoms with Crippen molar-refractivity contribution < 1.29 is 17.9 Å². The number of hydrogen-bond acceptors (Lipinski definition) is 4. The van der Waals surface area contributed by atoms with Crippen LogP contribution in [0, 0.1) is 0 Å². The minimum absolute atomic E-state index is 0.0893. The Labute approximate surface area is 134 Å². The van der Waals surface area contributed by atoms with Gasteiger partial charge >= 0.3 is 0 Å². The Hall–Kier alpha value is -2.38. The number of hydrogen-bond donors (Lipinski definition) is 2. The van der Waals surface area contributed by atoms with Crippen molar-refractivity contribution in [3.8, 4) is 5.75 Å². The molecule has 7 heteroatoms. The van der Waals surface area contributed by atoms with Crippen LogP contribution in [0.3, 0.4) is 0 Å². The fourth-order valence-corrected chi connectivity index (χ4v) is 3.77. The maximum absolute atomic E-state index is 12.5. The second-order valence-electron chi connectivity index (χ2n) is 5.24. The van der Waals surface area contributed by atoms with E-state index >= 15 is 0 Å². The molecule has 23 heavy (non-hydrogen) atoms. The summed E-state index contributed by atoms with van der Waals surface area (Å²) >= 11 is 0. The van der Waals surface area contributed by atoms with Crippen LogP contribution < -0.4 is 15.2 Å². The summed E-state index contributed by atoms with van der Waals surface area (Å²) in [6.07, 6.45) is 0.551. The Bertz CT molecular complexity index is 831. The van der Waals surface area contributed by atoms with Crippen molar-refractivity contribution in [2.24, 2.45) is 5.73 Å². The first kappa shape index (κ1) is 15.5. The molecule has 6 nitrogen and oxygen atoms in total. The zero-order valence-corrected chi connectivity index (χ0v) is 13.0. The second-order valence-corrected chi connectivity index (χ2v) is 6.95. The highest BCUT2D eigenvalue weighted by Gasteiger charge is 2.26. The number of ether oxygens (including phenoxy) is 1. The van der Waals surface area contributed by atoms with Gasteiger partial charge in [0.1, 0.15) is 5.75 Å². The Kier molecular flexibility index (Phi) is 4.06.